The van der Waals surface area contributed by atoms with Crippen LogP contribution < -0.4 is 5.32 Å². The molecule has 5 aromatic rings. The number of hydrogen-bond acceptors (Lipinski definition) is 5. The molecule has 32 heavy (non-hydrogen) atoms. The molecule has 0 aliphatic heterocycles. The van der Waals surface area contributed by atoms with Crippen LogP contribution in [-0.4, -0.2) is 19.7 Å². The maximum absolute atomic E-state index is 5.44. The number of fused-ring (bicyclic) bond motifs is 1. The quantitative estimate of drug-likeness (QED) is 0.370. The highest BCUT2D eigenvalue weighted by Crippen LogP contribution is 2.22. The molecule has 6 heteroatoms. The first-order chi connectivity index (χ1) is 15.8. The van der Waals surface area contributed by atoms with Gasteiger partial charge in [-0.3, -0.25) is 9.88 Å². The van der Waals surface area contributed by atoms with Gasteiger partial charge in [0.25, 0.3) is 0 Å². The molecule has 0 radical (unpaired) electrons. The largest absolute Gasteiger partial charge is 0.339 e. The minimum Gasteiger partial charge on any atom is -0.339 e. The van der Waals surface area contributed by atoms with Gasteiger partial charge in [-0.05, 0) is 41.8 Å². The van der Waals surface area contributed by atoms with Crippen LogP contribution in [0.3, 0.4) is 0 Å². The molecule has 0 amide bonds. The van der Waals surface area contributed by atoms with Crippen molar-refractivity contribution in [2.24, 2.45) is 0 Å². The molecule has 6 nitrogen and oxygen atoms in total. The summed E-state index contributed by atoms with van der Waals surface area (Å²) >= 11 is 0. The van der Waals surface area contributed by atoms with E-state index >= 15 is 0 Å². The molecule has 160 valence electrons. The summed E-state index contributed by atoms with van der Waals surface area (Å²) in [4.78, 5) is 9.10. The van der Waals surface area contributed by atoms with Crippen molar-refractivity contribution < 1.29 is 4.52 Å². The summed E-state index contributed by atoms with van der Waals surface area (Å²) in [6, 6.07) is 26.8. The molecule has 0 aliphatic rings. The zero-order chi connectivity index (χ0) is 21.8. The fraction of sp³-hybridized carbons (Fsp3) is 0.192. The van der Waals surface area contributed by atoms with E-state index in [0.29, 0.717) is 18.3 Å². The highest BCUT2D eigenvalue weighted by Gasteiger charge is 2.20. The van der Waals surface area contributed by atoms with Crippen molar-refractivity contribution in [1.82, 2.24) is 25.0 Å². The van der Waals surface area contributed by atoms with Gasteiger partial charge >= 0.3 is 0 Å². The minimum atomic E-state index is -0.136. The third-order valence-electron chi connectivity index (χ3n) is 5.52. The van der Waals surface area contributed by atoms with Crippen molar-refractivity contribution in [2.45, 2.75) is 32.4 Å². The summed E-state index contributed by atoms with van der Waals surface area (Å²) in [6.45, 7) is 2.79. The lowest BCUT2D eigenvalue weighted by atomic mass is 10.1. The smallest absolute Gasteiger partial charge is 0.226 e. The normalized spacial score (nSPS) is 12.3. The van der Waals surface area contributed by atoms with Gasteiger partial charge in [-0.1, -0.05) is 66.7 Å². The first-order valence-corrected chi connectivity index (χ1v) is 10.9. The van der Waals surface area contributed by atoms with Crippen molar-refractivity contribution >= 4 is 11.0 Å². The van der Waals surface area contributed by atoms with Crippen molar-refractivity contribution in [2.75, 3.05) is 0 Å². The van der Waals surface area contributed by atoms with E-state index in [1.807, 2.05) is 42.7 Å². The lowest BCUT2D eigenvalue weighted by Crippen LogP contribution is -2.23. The molecule has 0 spiro atoms. The third kappa shape index (κ3) is 4.18. The first kappa shape index (κ1) is 20.2. The van der Waals surface area contributed by atoms with Crippen LogP contribution in [0.25, 0.3) is 16.7 Å². The monoisotopic (exact) mass is 423 g/mol. The van der Waals surface area contributed by atoms with Gasteiger partial charge in [-0.15, -0.1) is 0 Å². The average molecular weight is 424 g/mol. The van der Waals surface area contributed by atoms with Crippen LogP contribution in [0.5, 0.6) is 0 Å². The Balaban J connectivity index is 1.35. The molecule has 1 unspecified atom stereocenters. The Labute approximate surface area is 186 Å². The molecule has 5 rings (SSSR count). The van der Waals surface area contributed by atoms with Crippen molar-refractivity contribution in [1.29, 1.82) is 0 Å². The molecular weight excluding hydrogens is 398 g/mol. The molecule has 1 N–H and O–H groups in total. The predicted octanol–water partition coefficient (Wildman–Crippen LogP) is 5.24. The van der Waals surface area contributed by atoms with Gasteiger partial charge in [0.2, 0.25) is 5.89 Å². The second-order valence-corrected chi connectivity index (χ2v) is 7.79. The molecule has 0 saturated carbocycles. The highest BCUT2D eigenvalue weighted by atomic mass is 16.5. The predicted molar refractivity (Wildman–Crippen MR) is 124 cm³/mol. The summed E-state index contributed by atoms with van der Waals surface area (Å²) < 4.78 is 7.55. The van der Waals surface area contributed by atoms with E-state index in [2.05, 4.69) is 74.4 Å². The lowest BCUT2D eigenvalue weighted by molar-refractivity contribution is 0.367. The highest BCUT2D eigenvalue weighted by molar-refractivity contribution is 5.77. The molecule has 2 heterocycles. The second kappa shape index (κ2) is 9.16. The van der Waals surface area contributed by atoms with Crippen molar-refractivity contribution in [3.05, 3.63) is 108 Å². The zero-order valence-corrected chi connectivity index (χ0v) is 18.0. The number of nitrogens with zero attached hydrogens (tertiary/aromatic N) is 4. The number of aryl methyl sites for hydroxylation is 1. The molecule has 3 aromatic carbocycles. The number of aromatic nitrogens is 4. The third-order valence-corrected chi connectivity index (χ3v) is 5.52. The Morgan fingerprint density at radius 3 is 2.53 bits per heavy atom. The summed E-state index contributed by atoms with van der Waals surface area (Å²) in [5, 5.41) is 7.85. The Hall–Kier alpha value is -3.77. The standard InChI is InChI=1S/C26H25N5O/c1-2-8-24-29-26(30-32-24)25(20-9-4-3-5-10-20)27-17-19-13-15-21(16-14-19)31-18-28-22-11-6-7-12-23(22)31/h3-7,9-16,18,25,27H,2,8,17H2,1H3. The fourth-order valence-corrected chi connectivity index (χ4v) is 3.86. The van der Waals surface area contributed by atoms with Gasteiger partial charge in [-0.25, -0.2) is 4.98 Å². The Morgan fingerprint density at radius 1 is 0.938 bits per heavy atom. The maximum Gasteiger partial charge on any atom is 0.226 e. The first-order valence-electron chi connectivity index (χ1n) is 10.9. The van der Waals surface area contributed by atoms with E-state index < -0.39 is 0 Å². The van der Waals surface area contributed by atoms with Gasteiger partial charge < -0.3 is 4.52 Å². The number of hydrogen-bond donors (Lipinski definition) is 1. The second-order valence-electron chi connectivity index (χ2n) is 7.79. The molecule has 0 saturated heterocycles. The van der Waals surface area contributed by atoms with Gasteiger partial charge in [0.05, 0.1) is 17.1 Å². The average Bonchev–Trinajstić information content (AvgIpc) is 3.48. The number of rotatable bonds is 8. The summed E-state index contributed by atoms with van der Waals surface area (Å²) in [5.41, 5.74) is 5.47. The van der Waals surface area contributed by atoms with E-state index in [1.54, 1.807) is 0 Å². The van der Waals surface area contributed by atoms with Crippen LogP contribution in [0.1, 0.15) is 42.2 Å². The van der Waals surface area contributed by atoms with E-state index in [4.69, 9.17) is 4.52 Å². The zero-order valence-electron chi connectivity index (χ0n) is 18.0. The van der Waals surface area contributed by atoms with Crippen LogP contribution in [0, 0.1) is 0 Å². The molecule has 0 aliphatic carbocycles. The number of imidazole rings is 1. The number of benzene rings is 3. The molecular formula is C26H25N5O. The number of nitrogens with one attached hydrogen (secondary N) is 1. The summed E-state index contributed by atoms with van der Waals surface area (Å²) in [6.07, 6.45) is 3.63. The molecule has 0 fully saturated rings. The van der Waals surface area contributed by atoms with Crippen molar-refractivity contribution in [3.8, 4) is 5.69 Å². The van der Waals surface area contributed by atoms with Crippen LogP contribution in [0.15, 0.2) is 89.7 Å². The summed E-state index contributed by atoms with van der Waals surface area (Å²) in [7, 11) is 0. The number of para-hydroxylation sites is 2. The van der Waals surface area contributed by atoms with Gasteiger partial charge in [0.1, 0.15) is 6.33 Å². The minimum absolute atomic E-state index is 0.136. The Kier molecular flexibility index (Phi) is 5.77. The maximum atomic E-state index is 5.44. The van der Waals surface area contributed by atoms with Gasteiger partial charge in [0.15, 0.2) is 5.82 Å². The fourth-order valence-electron chi connectivity index (χ4n) is 3.86. The van der Waals surface area contributed by atoms with Crippen molar-refractivity contribution in [3.63, 3.8) is 0 Å². The van der Waals surface area contributed by atoms with Gasteiger partial charge in [0, 0.05) is 18.7 Å². The van der Waals surface area contributed by atoms with E-state index in [0.717, 1.165) is 35.1 Å². The van der Waals surface area contributed by atoms with Gasteiger partial charge in [-0.2, -0.15) is 4.98 Å². The summed E-state index contributed by atoms with van der Waals surface area (Å²) in [5.74, 6) is 1.35. The molecule has 1 atom stereocenters. The van der Waals surface area contributed by atoms with Crippen LogP contribution >= 0.6 is 0 Å². The Bertz CT molecular complexity index is 1290. The SMILES string of the molecule is CCCc1nc(C(NCc2ccc(-n3cnc4ccccc43)cc2)c2ccccc2)no1. The Morgan fingerprint density at radius 2 is 1.72 bits per heavy atom. The lowest BCUT2D eigenvalue weighted by Gasteiger charge is -2.16. The van der Waals surface area contributed by atoms with Crippen LogP contribution in [0.4, 0.5) is 0 Å². The van der Waals surface area contributed by atoms with E-state index in [9.17, 15) is 0 Å². The topological polar surface area (TPSA) is 68.8 Å². The molecule has 2 aromatic heterocycles. The van der Waals surface area contributed by atoms with E-state index in [1.165, 1.54) is 5.56 Å². The molecule has 0 bridgehead atoms. The van der Waals surface area contributed by atoms with E-state index in [-0.39, 0.29) is 6.04 Å². The van der Waals surface area contributed by atoms with Crippen LogP contribution in [-0.2, 0) is 13.0 Å². The van der Waals surface area contributed by atoms with Crippen LogP contribution in [0.2, 0.25) is 0 Å².